The number of rotatable bonds is 4. The Morgan fingerprint density at radius 2 is 2.20 bits per heavy atom. The molecule has 3 heterocycles. The number of nitrogens with zero attached hydrogens (tertiary/aromatic N) is 3. The number of hydrogen-bond acceptors (Lipinski definition) is 6. The van der Waals surface area contributed by atoms with Gasteiger partial charge in [0, 0.05) is 26.2 Å². The molecule has 0 radical (unpaired) electrons. The van der Waals surface area contributed by atoms with Crippen LogP contribution in [-0.4, -0.2) is 41.2 Å². The first-order chi connectivity index (χ1) is 9.78. The van der Waals surface area contributed by atoms with Crippen molar-refractivity contribution in [3.05, 3.63) is 23.2 Å². The van der Waals surface area contributed by atoms with Crippen LogP contribution in [0.5, 0.6) is 0 Å². The van der Waals surface area contributed by atoms with Gasteiger partial charge in [0.2, 0.25) is 0 Å². The Morgan fingerprint density at radius 1 is 1.40 bits per heavy atom. The summed E-state index contributed by atoms with van der Waals surface area (Å²) in [7, 11) is 0. The molecule has 0 saturated carbocycles. The number of furan rings is 1. The lowest BCUT2D eigenvalue weighted by molar-refractivity contribution is 0.160. The highest BCUT2D eigenvalue weighted by molar-refractivity contribution is 6.28. The first kappa shape index (κ1) is 13.6. The van der Waals surface area contributed by atoms with E-state index in [9.17, 15) is 0 Å². The van der Waals surface area contributed by atoms with E-state index in [1.165, 1.54) is 0 Å². The summed E-state index contributed by atoms with van der Waals surface area (Å²) >= 11 is 5.76. The van der Waals surface area contributed by atoms with Gasteiger partial charge in [0.05, 0.1) is 6.04 Å². The van der Waals surface area contributed by atoms with Gasteiger partial charge in [-0.15, -0.1) is 0 Å². The zero-order valence-electron chi connectivity index (χ0n) is 11.3. The first-order valence-electron chi connectivity index (χ1n) is 6.82. The van der Waals surface area contributed by atoms with E-state index in [-0.39, 0.29) is 6.04 Å². The second kappa shape index (κ2) is 5.95. The molecule has 1 unspecified atom stereocenters. The third-order valence-corrected chi connectivity index (χ3v) is 3.71. The molecule has 0 aliphatic carbocycles. The number of hydrogen-bond donors (Lipinski definition) is 1. The fraction of sp³-hybridized carbons (Fsp3) is 0.538. The number of halogens is 1. The molecule has 1 atom stereocenters. The first-order valence-corrected chi connectivity index (χ1v) is 7.20. The number of aromatic nitrogens is 2. The molecule has 0 spiro atoms. The third-order valence-electron chi connectivity index (χ3n) is 3.50. The molecule has 0 amide bonds. The third kappa shape index (κ3) is 2.72. The molecular weight excluding hydrogens is 280 g/mol. The van der Waals surface area contributed by atoms with Crippen LogP contribution in [-0.2, 0) is 0 Å². The second-order valence-electron chi connectivity index (χ2n) is 4.77. The van der Waals surface area contributed by atoms with Crippen LogP contribution in [0.3, 0.4) is 0 Å². The van der Waals surface area contributed by atoms with E-state index in [1.54, 1.807) is 12.1 Å². The predicted molar refractivity (Wildman–Crippen MR) is 74.5 cm³/mol. The Balaban J connectivity index is 1.80. The summed E-state index contributed by atoms with van der Waals surface area (Å²) in [5.74, 6) is 1.58. The maximum Gasteiger partial charge on any atom is 0.293 e. The Bertz CT molecular complexity index is 562. The minimum atomic E-state index is 0.181. The average molecular weight is 297 g/mol. The lowest BCUT2D eigenvalue weighted by Crippen LogP contribution is -2.45. The molecule has 3 rings (SSSR count). The lowest BCUT2D eigenvalue weighted by Gasteiger charge is -2.32. The molecule has 2 aromatic heterocycles. The van der Waals surface area contributed by atoms with Crippen LogP contribution < -0.4 is 5.32 Å². The van der Waals surface area contributed by atoms with Crippen LogP contribution in [0.2, 0.25) is 5.22 Å². The van der Waals surface area contributed by atoms with E-state index < -0.39 is 0 Å². The molecule has 7 heteroatoms. The Kier molecular flexibility index (Phi) is 4.05. The molecule has 1 aliphatic heterocycles. The molecule has 2 aromatic rings. The molecule has 1 aliphatic rings. The SMILES string of the molecule is CCC(c1noc(-c2ccc(Cl)o2)n1)N1CCNCC1. The van der Waals surface area contributed by atoms with Gasteiger partial charge in [-0.2, -0.15) is 4.98 Å². The van der Waals surface area contributed by atoms with E-state index in [1.807, 2.05) is 0 Å². The van der Waals surface area contributed by atoms with Crippen molar-refractivity contribution in [2.24, 2.45) is 0 Å². The van der Waals surface area contributed by atoms with Gasteiger partial charge in [0.1, 0.15) is 0 Å². The summed E-state index contributed by atoms with van der Waals surface area (Å²) in [5.41, 5.74) is 0. The number of piperazine rings is 1. The molecule has 1 N–H and O–H groups in total. The van der Waals surface area contributed by atoms with Crippen molar-refractivity contribution in [1.29, 1.82) is 0 Å². The summed E-state index contributed by atoms with van der Waals surface area (Å²) < 4.78 is 10.6. The van der Waals surface area contributed by atoms with Crippen LogP contribution in [0, 0.1) is 0 Å². The maximum absolute atomic E-state index is 5.76. The van der Waals surface area contributed by atoms with E-state index in [4.69, 9.17) is 20.5 Å². The predicted octanol–water partition coefficient (Wildman–Crippen LogP) is 2.34. The average Bonchev–Trinajstić information content (AvgIpc) is 3.10. The highest BCUT2D eigenvalue weighted by Gasteiger charge is 2.25. The van der Waals surface area contributed by atoms with Crippen LogP contribution in [0.25, 0.3) is 11.7 Å². The summed E-state index contributed by atoms with van der Waals surface area (Å²) in [4.78, 5) is 6.82. The topological polar surface area (TPSA) is 67.3 Å². The van der Waals surface area contributed by atoms with Crippen LogP contribution in [0.15, 0.2) is 21.1 Å². The second-order valence-corrected chi connectivity index (χ2v) is 5.14. The van der Waals surface area contributed by atoms with Crippen molar-refractivity contribution < 1.29 is 8.94 Å². The summed E-state index contributed by atoms with van der Waals surface area (Å²) in [6.07, 6.45) is 0.942. The zero-order chi connectivity index (χ0) is 13.9. The van der Waals surface area contributed by atoms with Crippen LogP contribution in [0.1, 0.15) is 25.2 Å². The highest BCUT2D eigenvalue weighted by Crippen LogP contribution is 2.27. The molecule has 108 valence electrons. The minimum Gasteiger partial charge on any atom is -0.440 e. The van der Waals surface area contributed by atoms with E-state index in [0.29, 0.717) is 22.7 Å². The highest BCUT2D eigenvalue weighted by atomic mass is 35.5. The largest absolute Gasteiger partial charge is 0.440 e. The summed E-state index contributed by atoms with van der Waals surface area (Å²) in [6.45, 7) is 6.11. The minimum absolute atomic E-state index is 0.181. The Morgan fingerprint density at radius 3 is 2.85 bits per heavy atom. The molecule has 1 fully saturated rings. The quantitative estimate of drug-likeness (QED) is 0.934. The van der Waals surface area contributed by atoms with Crippen molar-refractivity contribution in [3.8, 4) is 11.7 Å². The maximum atomic E-state index is 5.76. The Hall–Kier alpha value is -1.37. The van der Waals surface area contributed by atoms with Gasteiger partial charge >= 0.3 is 0 Å². The van der Waals surface area contributed by atoms with Crippen molar-refractivity contribution in [1.82, 2.24) is 20.4 Å². The van der Waals surface area contributed by atoms with Crippen molar-refractivity contribution in [3.63, 3.8) is 0 Å². The summed E-state index contributed by atoms with van der Waals surface area (Å²) in [6, 6.07) is 3.57. The standard InChI is InChI=1S/C13H17ClN4O2/c1-2-9(18-7-5-15-6-8-18)12-16-13(20-17-12)10-3-4-11(14)19-10/h3-4,9,15H,2,5-8H2,1H3. The van der Waals surface area contributed by atoms with Gasteiger partial charge in [-0.3, -0.25) is 4.90 Å². The fourth-order valence-electron chi connectivity index (χ4n) is 2.50. The fourth-order valence-corrected chi connectivity index (χ4v) is 2.64. The monoisotopic (exact) mass is 296 g/mol. The van der Waals surface area contributed by atoms with Gasteiger partial charge in [0.15, 0.2) is 16.8 Å². The normalized spacial score (nSPS) is 18.3. The molecule has 1 saturated heterocycles. The molecule has 0 aromatic carbocycles. The van der Waals surface area contributed by atoms with Crippen LogP contribution in [0.4, 0.5) is 0 Å². The van der Waals surface area contributed by atoms with E-state index in [2.05, 4.69) is 27.3 Å². The number of nitrogens with one attached hydrogen (secondary N) is 1. The van der Waals surface area contributed by atoms with Gasteiger partial charge in [-0.25, -0.2) is 0 Å². The van der Waals surface area contributed by atoms with Gasteiger partial charge in [-0.1, -0.05) is 12.1 Å². The smallest absolute Gasteiger partial charge is 0.293 e. The van der Waals surface area contributed by atoms with Gasteiger partial charge in [-0.05, 0) is 30.2 Å². The zero-order valence-corrected chi connectivity index (χ0v) is 12.1. The molecule has 20 heavy (non-hydrogen) atoms. The summed E-state index contributed by atoms with van der Waals surface area (Å²) in [5, 5.41) is 7.75. The van der Waals surface area contributed by atoms with Gasteiger partial charge < -0.3 is 14.3 Å². The van der Waals surface area contributed by atoms with E-state index >= 15 is 0 Å². The van der Waals surface area contributed by atoms with Crippen molar-refractivity contribution in [2.45, 2.75) is 19.4 Å². The molecule has 6 nitrogen and oxygen atoms in total. The molecule has 0 bridgehead atoms. The lowest BCUT2D eigenvalue weighted by atomic mass is 10.1. The van der Waals surface area contributed by atoms with Gasteiger partial charge in [0.25, 0.3) is 5.89 Å². The van der Waals surface area contributed by atoms with E-state index in [0.717, 1.165) is 32.6 Å². The Labute approximate surface area is 122 Å². The van der Waals surface area contributed by atoms with Crippen LogP contribution >= 0.6 is 11.6 Å². The van der Waals surface area contributed by atoms with Crippen molar-refractivity contribution in [2.75, 3.05) is 26.2 Å². The van der Waals surface area contributed by atoms with Crippen molar-refractivity contribution >= 4 is 11.6 Å². The molecular formula is C13H17ClN4O2.